The number of rotatable bonds is 6. The third-order valence-corrected chi connectivity index (χ3v) is 5.20. The van der Waals surface area contributed by atoms with Gasteiger partial charge in [-0.1, -0.05) is 18.2 Å². The number of carbonyl (C=O) groups is 2. The molecule has 0 saturated heterocycles. The van der Waals surface area contributed by atoms with Crippen LogP contribution in [-0.4, -0.2) is 28.0 Å². The molecule has 1 atom stereocenters. The standard InChI is InChI=1S/C19H17Br2NO4/c1-10(23)16(11(2)24)17(13-6-4-8-15(21)19(13)26)22-9-12-5-3-7-14(20)18(12)25/h3-9,16-17,25-26H,1-2H3. The molecule has 0 amide bonds. The van der Waals surface area contributed by atoms with Gasteiger partial charge in [0.15, 0.2) is 0 Å². The number of halogens is 2. The van der Waals surface area contributed by atoms with Gasteiger partial charge in [-0.25, -0.2) is 0 Å². The lowest BCUT2D eigenvalue weighted by molar-refractivity contribution is -0.131. The molecule has 0 saturated carbocycles. The van der Waals surface area contributed by atoms with E-state index in [2.05, 4.69) is 36.9 Å². The number of phenolic OH excluding ortho intramolecular Hbond substituents is 2. The van der Waals surface area contributed by atoms with Crippen molar-refractivity contribution in [2.24, 2.45) is 10.9 Å². The largest absolute Gasteiger partial charge is 0.506 e. The molecule has 0 aliphatic rings. The normalized spacial score (nSPS) is 12.5. The van der Waals surface area contributed by atoms with E-state index in [0.29, 0.717) is 20.1 Å². The van der Waals surface area contributed by atoms with Gasteiger partial charge in [0.1, 0.15) is 29.0 Å². The Morgan fingerprint density at radius 1 is 0.962 bits per heavy atom. The van der Waals surface area contributed by atoms with Gasteiger partial charge in [0.05, 0.1) is 15.0 Å². The summed E-state index contributed by atoms with van der Waals surface area (Å²) in [6, 6.07) is 9.09. The molecule has 7 heteroatoms. The van der Waals surface area contributed by atoms with Gasteiger partial charge in [0.25, 0.3) is 0 Å². The molecule has 2 aromatic carbocycles. The van der Waals surface area contributed by atoms with Crippen LogP contribution in [0.3, 0.4) is 0 Å². The topological polar surface area (TPSA) is 87.0 Å². The van der Waals surface area contributed by atoms with Crippen LogP contribution >= 0.6 is 31.9 Å². The zero-order valence-corrected chi connectivity index (χ0v) is 17.3. The van der Waals surface area contributed by atoms with Crippen molar-refractivity contribution in [2.45, 2.75) is 19.9 Å². The minimum Gasteiger partial charge on any atom is -0.506 e. The minimum absolute atomic E-state index is 0.00401. The van der Waals surface area contributed by atoms with Crippen LogP contribution in [0, 0.1) is 5.92 Å². The summed E-state index contributed by atoms with van der Waals surface area (Å²) in [5, 5.41) is 20.5. The molecule has 26 heavy (non-hydrogen) atoms. The predicted molar refractivity (Wildman–Crippen MR) is 107 cm³/mol. The number of phenols is 2. The van der Waals surface area contributed by atoms with Crippen LogP contribution < -0.4 is 0 Å². The summed E-state index contributed by atoms with van der Waals surface area (Å²) in [5.74, 6) is -1.83. The highest BCUT2D eigenvalue weighted by Gasteiger charge is 2.32. The zero-order chi connectivity index (χ0) is 19.4. The lowest BCUT2D eigenvalue weighted by atomic mass is 9.87. The molecular weight excluding hydrogens is 466 g/mol. The molecule has 0 fully saturated rings. The quantitative estimate of drug-likeness (QED) is 0.466. The predicted octanol–water partition coefficient (Wildman–Crippen LogP) is 4.58. The summed E-state index contributed by atoms with van der Waals surface area (Å²) < 4.78 is 0.935. The van der Waals surface area contributed by atoms with E-state index in [9.17, 15) is 19.8 Å². The van der Waals surface area contributed by atoms with Crippen LogP contribution in [0.25, 0.3) is 0 Å². The van der Waals surface area contributed by atoms with E-state index < -0.39 is 12.0 Å². The Balaban J connectivity index is 2.58. The molecule has 5 nitrogen and oxygen atoms in total. The highest BCUT2D eigenvalue weighted by molar-refractivity contribution is 9.10. The third kappa shape index (κ3) is 4.40. The summed E-state index contributed by atoms with van der Waals surface area (Å²) in [7, 11) is 0. The molecule has 0 aromatic heterocycles. The maximum atomic E-state index is 12.1. The van der Waals surface area contributed by atoms with E-state index in [0.717, 1.165) is 0 Å². The zero-order valence-electron chi connectivity index (χ0n) is 14.1. The lowest BCUT2D eigenvalue weighted by Crippen LogP contribution is -2.26. The number of aliphatic imine (C=N–C) groups is 1. The molecular formula is C19H17Br2NO4. The molecule has 1 unspecified atom stereocenters. The fourth-order valence-electron chi connectivity index (χ4n) is 2.64. The highest BCUT2D eigenvalue weighted by Crippen LogP contribution is 2.38. The Morgan fingerprint density at radius 3 is 2.08 bits per heavy atom. The van der Waals surface area contributed by atoms with E-state index in [1.807, 2.05) is 0 Å². The SMILES string of the molecule is CC(=O)C(C(C)=O)C(N=Cc1cccc(Br)c1O)c1cccc(Br)c1O. The molecule has 136 valence electrons. The van der Waals surface area contributed by atoms with Crippen molar-refractivity contribution in [3.63, 3.8) is 0 Å². The van der Waals surface area contributed by atoms with Gasteiger partial charge in [-0.05, 0) is 63.9 Å². The van der Waals surface area contributed by atoms with Gasteiger partial charge in [0, 0.05) is 17.3 Å². The van der Waals surface area contributed by atoms with Crippen LogP contribution in [0.2, 0.25) is 0 Å². The van der Waals surface area contributed by atoms with Crippen molar-refractivity contribution in [3.05, 3.63) is 56.5 Å². The molecule has 0 spiro atoms. The van der Waals surface area contributed by atoms with E-state index in [1.54, 1.807) is 36.4 Å². The fourth-order valence-corrected chi connectivity index (χ4v) is 3.41. The third-order valence-electron chi connectivity index (χ3n) is 3.92. The molecule has 0 bridgehead atoms. The molecule has 2 rings (SSSR count). The van der Waals surface area contributed by atoms with Gasteiger partial charge < -0.3 is 10.2 Å². The van der Waals surface area contributed by atoms with Crippen molar-refractivity contribution in [1.29, 1.82) is 0 Å². The number of hydrogen-bond acceptors (Lipinski definition) is 5. The summed E-state index contributed by atoms with van der Waals surface area (Å²) >= 11 is 6.47. The van der Waals surface area contributed by atoms with Gasteiger partial charge in [-0.2, -0.15) is 0 Å². The van der Waals surface area contributed by atoms with Crippen LogP contribution in [-0.2, 0) is 9.59 Å². The van der Waals surface area contributed by atoms with Crippen molar-refractivity contribution in [1.82, 2.24) is 0 Å². The Bertz CT molecular complexity index is 866. The average Bonchev–Trinajstić information content (AvgIpc) is 2.56. The van der Waals surface area contributed by atoms with Gasteiger partial charge in [-0.15, -0.1) is 0 Å². The maximum absolute atomic E-state index is 12.1. The first-order chi connectivity index (χ1) is 12.2. The number of hydrogen-bond donors (Lipinski definition) is 2. The first kappa shape index (κ1) is 20.3. The number of nitrogens with zero attached hydrogens (tertiary/aromatic N) is 1. The van der Waals surface area contributed by atoms with E-state index >= 15 is 0 Å². The summed E-state index contributed by atoms with van der Waals surface area (Å²) in [5.41, 5.74) is 0.769. The molecule has 0 aliphatic heterocycles. The minimum atomic E-state index is -1.04. The number of para-hydroxylation sites is 2. The van der Waals surface area contributed by atoms with Gasteiger partial charge in [-0.3, -0.25) is 14.6 Å². The summed E-state index contributed by atoms with van der Waals surface area (Å²) in [4.78, 5) is 28.6. The van der Waals surface area contributed by atoms with Crippen LogP contribution in [0.5, 0.6) is 11.5 Å². The second kappa shape index (κ2) is 8.60. The Labute approximate surface area is 168 Å². The van der Waals surface area contributed by atoms with E-state index in [-0.39, 0.29) is 23.1 Å². The van der Waals surface area contributed by atoms with Crippen molar-refractivity contribution >= 4 is 49.6 Å². The molecule has 0 radical (unpaired) electrons. The average molecular weight is 483 g/mol. The highest BCUT2D eigenvalue weighted by atomic mass is 79.9. The van der Waals surface area contributed by atoms with Crippen molar-refractivity contribution in [2.75, 3.05) is 0 Å². The van der Waals surface area contributed by atoms with Crippen LogP contribution in [0.15, 0.2) is 50.3 Å². The number of ketones is 2. The first-order valence-corrected chi connectivity index (χ1v) is 9.31. The van der Waals surface area contributed by atoms with Gasteiger partial charge in [0.2, 0.25) is 0 Å². The van der Waals surface area contributed by atoms with Gasteiger partial charge >= 0.3 is 0 Å². The molecule has 0 heterocycles. The van der Waals surface area contributed by atoms with Crippen molar-refractivity contribution < 1.29 is 19.8 Å². The lowest BCUT2D eigenvalue weighted by Gasteiger charge is -2.21. The molecule has 0 aliphatic carbocycles. The van der Waals surface area contributed by atoms with Crippen molar-refractivity contribution in [3.8, 4) is 11.5 Å². The smallest absolute Gasteiger partial charge is 0.142 e. The monoisotopic (exact) mass is 481 g/mol. The van der Waals surface area contributed by atoms with E-state index in [1.165, 1.54) is 20.1 Å². The number of aromatic hydroxyl groups is 2. The van der Waals surface area contributed by atoms with Crippen LogP contribution in [0.4, 0.5) is 0 Å². The van der Waals surface area contributed by atoms with E-state index in [4.69, 9.17) is 0 Å². The fraction of sp³-hybridized carbons (Fsp3) is 0.211. The second-order valence-electron chi connectivity index (χ2n) is 5.78. The maximum Gasteiger partial charge on any atom is 0.142 e. The molecule has 2 aromatic rings. The second-order valence-corrected chi connectivity index (χ2v) is 7.49. The molecule has 2 N–H and O–H groups in total. The number of Topliss-reactive ketones (excluding diaryl/α,β-unsaturated/α-hetero) is 2. The number of carbonyl (C=O) groups excluding carboxylic acids is 2. The van der Waals surface area contributed by atoms with Crippen LogP contribution in [0.1, 0.15) is 31.0 Å². The Morgan fingerprint density at radius 2 is 1.50 bits per heavy atom. The summed E-state index contributed by atoms with van der Waals surface area (Å²) in [6.45, 7) is 2.64. The summed E-state index contributed by atoms with van der Waals surface area (Å²) in [6.07, 6.45) is 1.39. The Kier molecular flexibility index (Phi) is 6.72. The Hall–Kier alpha value is -1.99. The number of benzene rings is 2. The first-order valence-electron chi connectivity index (χ1n) is 7.73.